The molecule has 2 aliphatic rings. The van der Waals surface area contributed by atoms with E-state index in [-0.39, 0.29) is 5.54 Å². The Labute approximate surface area is 99.9 Å². The lowest BCUT2D eigenvalue weighted by atomic mass is 9.60. The van der Waals surface area contributed by atoms with Crippen LogP contribution in [-0.2, 0) is 4.74 Å². The molecule has 0 aromatic carbocycles. The molecule has 1 heterocycles. The molecule has 2 rings (SSSR count). The highest BCUT2D eigenvalue weighted by atomic mass is 16.5. The minimum Gasteiger partial charge on any atom is -0.381 e. The lowest BCUT2D eigenvalue weighted by molar-refractivity contribution is 0.0494. The lowest BCUT2D eigenvalue weighted by Gasteiger charge is -2.49. The van der Waals surface area contributed by atoms with Crippen molar-refractivity contribution in [3.05, 3.63) is 0 Å². The van der Waals surface area contributed by atoms with Crippen molar-refractivity contribution in [1.29, 1.82) is 0 Å². The van der Waals surface area contributed by atoms with Gasteiger partial charge in [-0.1, -0.05) is 27.2 Å². The van der Waals surface area contributed by atoms with Crippen molar-refractivity contribution in [3.63, 3.8) is 0 Å². The maximum absolute atomic E-state index is 6.82. The van der Waals surface area contributed by atoms with Gasteiger partial charge in [-0.2, -0.15) is 0 Å². The molecule has 1 saturated carbocycles. The van der Waals surface area contributed by atoms with Gasteiger partial charge in [0.25, 0.3) is 0 Å². The number of hydrogen-bond acceptors (Lipinski definition) is 2. The predicted molar refractivity (Wildman–Crippen MR) is 67.2 cm³/mol. The highest BCUT2D eigenvalue weighted by Gasteiger charge is 2.47. The van der Waals surface area contributed by atoms with Gasteiger partial charge in [-0.05, 0) is 37.0 Å². The number of nitrogens with two attached hydrogens (primary N) is 1. The molecule has 2 N–H and O–H groups in total. The topological polar surface area (TPSA) is 35.2 Å². The van der Waals surface area contributed by atoms with E-state index in [1.54, 1.807) is 0 Å². The molecule has 16 heavy (non-hydrogen) atoms. The maximum Gasteiger partial charge on any atom is 0.0512 e. The molecule has 4 unspecified atom stereocenters. The van der Waals surface area contributed by atoms with E-state index in [4.69, 9.17) is 10.5 Å². The fraction of sp³-hybridized carbons (Fsp3) is 1.00. The molecule has 0 amide bonds. The zero-order valence-electron chi connectivity index (χ0n) is 11.0. The second kappa shape index (κ2) is 4.66. The second-order valence-corrected chi connectivity index (χ2v) is 6.41. The first-order chi connectivity index (χ1) is 7.54. The Hall–Kier alpha value is -0.0800. The van der Waals surface area contributed by atoms with Crippen LogP contribution in [-0.4, -0.2) is 18.8 Å². The van der Waals surface area contributed by atoms with Crippen molar-refractivity contribution in [2.75, 3.05) is 13.2 Å². The Morgan fingerprint density at radius 3 is 2.56 bits per heavy atom. The summed E-state index contributed by atoms with van der Waals surface area (Å²) in [6.07, 6.45) is 5.04. The summed E-state index contributed by atoms with van der Waals surface area (Å²) in [4.78, 5) is 0. The minimum atomic E-state index is 0.0440. The fourth-order valence-corrected chi connectivity index (χ4v) is 3.97. The largest absolute Gasteiger partial charge is 0.381 e. The number of hydrogen-bond donors (Lipinski definition) is 1. The van der Waals surface area contributed by atoms with E-state index in [9.17, 15) is 0 Å². The van der Waals surface area contributed by atoms with Gasteiger partial charge in [-0.3, -0.25) is 0 Å². The van der Waals surface area contributed by atoms with Gasteiger partial charge in [0.2, 0.25) is 0 Å². The van der Waals surface area contributed by atoms with Crippen LogP contribution >= 0.6 is 0 Å². The van der Waals surface area contributed by atoms with Crippen molar-refractivity contribution in [2.45, 2.75) is 52.0 Å². The average Bonchev–Trinajstić information content (AvgIpc) is 2.69. The molecule has 94 valence electrons. The molecule has 1 aliphatic carbocycles. The molecule has 4 atom stereocenters. The predicted octanol–water partition coefficient (Wildman–Crippen LogP) is 2.81. The summed E-state index contributed by atoms with van der Waals surface area (Å²) in [5.74, 6) is 2.79. The van der Waals surface area contributed by atoms with Crippen molar-refractivity contribution < 1.29 is 4.74 Å². The quantitative estimate of drug-likeness (QED) is 0.784. The molecule has 2 fully saturated rings. The van der Waals surface area contributed by atoms with E-state index in [0.29, 0.717) is 17.8 Å². The Morgan fingerprint density at radius 2 is 2.00 bits per heavy atom. The molecular formula is C14H27NO. The Balaban J connectivity index is 2.16. The van der Waals surface area contributed by atoms with E-state index >= 15 is 0 Å². The Bertz CT molecular complexity index is 235. The highest BCUT2D eigenvalue weighted by Crippen LogP contribution is 2.45. The Kier molecular flexibility index (Phi) is 3.60. The van der Waals surface area contributed by atoms with Gasteiger partial charge in [0.15, 0.2) is 0 Å². The number of ether oxygens (including phenoxy) is 1. The first-order valence-electron chi connectivity index (χ1n) is 6.90. The van der Waals surface area contributed by atoms with E-state index < -0.39 is 0 Å². The zero-order chi connectivity index (χ0) is 11.8. The normalized spacial score (nSPS) is 45.2. The van der Waals surface area contributed by atoms with Crippen LogP contribution in [0.5, 0.6) is 0 Å². The summed E-state index contributed by atoms with van der Waals surface area (Å²) < 4.78 is 5.56. The van der Waals surface area contributed by atoms with Gasteiger partial charge < -0.3 is 10.5 Å². The number of rotatable bonds is 2. The van der Waals surface area contributed by atoms with Crippen LogP contribution in [0.15, 0.2) is 0 Å². The molecule has 1 aliphatic heterocycles. The summed E-state index contributed by atoms with van der Waals surface area (Å²) in [5, 5.41) is 0. The molecule has 0 spiro atoms. The van der Waals surface area contributed by atoms with Crippen LogP contribution in [0.4, 0.5) is 0 Å². The van der Waals surface area contributed by atoms with Gasteiger partial charge in [0, 0.05) is 18.1 Å². The summed E-state index contributed by atoms with van der Waals surface area (Å²) in [6.45, 7) is 8.83. The summed E-state index contributed by atoms with van der Waals surface area (Å²) in [6, 6.07) is 0. The summed E-state index contributed by atoms with van der Waals surface area (Å²) in [7, 11) is 0. The van der Waals surface area contributed by atoms with Gasteiger partial charge in [0.1, 0.15) is 0 Å². The standard InChI is InChI=1S/C14H27NO/c1-10(2)13-5-4-11(3)8-14(13,15)12-6-7-16-9-12/h10-13H,4-9,15H2,1-3H3. The summed E-state index contributed by atoms with van der Waals surface area (Å²) >= 11 is 0. The monoisotopic (exact) mass is 225 g/mol. The summed E-state index contributed by atoms with van der Waals surface area (Å²) in [5.41, 5.74) is 6.86. The van der Waals surface area contributed by atoms with Crippen LogP contribution in [0.25, 0.3) is 0 Å². The van der Waals surface area contributed by atoms with Crippen molar-refractivity contribution in [3.8, 4) is 0 Å². The van der Waals surface area contributed by atoms with Crippen molar-refractivity contribution in [1.82, 2.24) is 0 Å². The second-order valence-electron chi connectivity index (χ2n) is 6.41. The van der Waals surface area contributed by atoms with Crippen LogP contribution in [0, 0.1) is 23.7 Å². The Morgan fingerprint density at radius 1 is 1.25 bits per heavy atom. The van der Waals surface area contributed by atoms with Crippen LogP contribution in [0.2, 0.25) is 0 Å². The van der Waals surface area contributed by atoms with Gasteiger partial charge in [-0.25, -0.2) is 0 Å². The van der Waals surface area contributed by atoms with Gasteiger partial charge >= 0.3 is 0 Å². The van der Waals surface area contributed by atoms with Crippen LogP contribution in [0.3, 0.4) is 0 Å². The minimum absolute atomic E-state index is 0.0440. The lowest BCUT2D eigenvalue weighted by Crippen LogP contribution is -2.58. The molecular weight excluding hydrogens is 198 g/mol. The van der Waals surface area contributed by atoms with E-state index in [1.807, 2.05) is 0 Å². The average molecular weight is 225 g/mol. The van der Waals surface area contributed by atoms with Crippen molar-refractivity contribution >= 4 is 0 Å². The zero-order valence-corrected chi connectivity index (χ0v) is 11.0. The van der Waals surface area contributed by atoms with Crippen LogP contribution < -0.4 is 5.73 Å². The maximum atomic E-state index is 6.82. The first kappa shape index (κ1) is 12.4. The molecule has 0 bridgehead atoms. The SMILES string of the molecule is CC1CCC(C(C)C)C(N)(C2CCOC2)C1. The van der Waals surface area contributed by atoms with Gasteiger partial charge in [0.05, 0.1) is 6.61 Å². The third-order valence-corrected chi connectivity index (χ3v) is 4.86. The molecule has 0 radical (unpaired) electrons. The third kappa shape index (κ3) is 2.14. The van der Waals surface area contributed by atoms with E-state index in [2.05, 4.69) is 20.8 Å². The molecule has 2 heteroatoms. The molecule has 2 nitrogen and oxygen atoms in total. The van der Waals surface area contributed by atoms with E-state index in [0.717, 1.165) is 19.1 Å². The third-order valence-electron chi connectivity index (χ3n) is 4.86. The molecule has 1 saturated heterocycles. The van der Waals surface area contributed by atoms with Crippen molar-refractivity contribution in [2.24, 2.45) is 29.4 Å². The molecule has 0 aromatic heterocycles. The highest BCUT2D eigenvalue weighted by molar-refractivity contribution is 5.02. The van der Waals surface area contributed by atoms with Crippen LogP contribution in [0.1, 0.15) is 46.5 Å². The smallest absolute Gasteiger partial charge is 0.0512 e. The first-order valence-corrected chi connectivity index (χ1v) is 6.90. The fourth-order valence-electron chi connectivity index (χ4n) is 3.97. The molecule has 0 aromatic rings. The van der Waals surface area contributed by atoms with E-state index in [1.165, 1.54) is 25.7 Å². The van der Waals surface area contributed by atoms with Gasteiger partial charge in [-0.15, -0.1) is 0 Å².